The Morgan fingerprint density at radius 2 is 1.85 bits per heavy atom. The molecule has 1 amide bonds. The van der Waals surface area contributed by atoms with Gasteiger partial charge >= 0.3 is 5.69 Å². The second kappa shape index (κ2) is 7.05. The van der Waals surface area contributed by atoms with Crippen molar-refractivity contribution in [1.82, 2.24) is 14.9 Å². The van der Waals surface area contributed by atoms with Gasteiger partial charge in [0.05, 0.1) is 23.1 Å². The monoisotopic (exact) mass is 377 g/mol. The molecule has 0 radical (unpaired) electrons. The molecule has 0 atom stereocenters. The van der Waals surface area contributed by atoms with E-state index in [4.69, 9.17) is 0 Å². The smallest absolute Gasteiger partial charge is 0.333 e. The Bertz CT molecular complexity index is 1230. The van der Waals surface area contributed by atoms with Crippen LogP contribution in [-0.4, -0.2) is 15.5 Å². The first-order valence-corrected chi connectivity index (χ1v) is 9.16. The number of hydrogen-bond donors (Lipinski definition) is 2. The van der Waals surface area contributed by atoms with Crippen LogP contribution in [0.1, 0.15) is 15.2 Å². The molecule has 0 saturated carbocycles. The number of amides is 1. The third kappa shape index (κ3) is 3.32. The molecule has 2 N–H and O–H groups in total. The molecule has 2 aromatic carbocycles. The molecule has 0 saturated heterocycles. The molecule has 6 nitrogen and oxygen atoms in total. The maximum Gasteiger partial charge on any atom is 0.333 e. The highest BCUT2D eigenvalue weighted by molar-refractivity contribution is 7.09. The molecule has 2 aromatic heterocycles. The quantitative estimate of drug-likeness (QED) is 0.573. The van der Waals surface area contributed by atoms with Gasteiger partial charge in [-0.3, -0.25) is 9.59 Å². The number of carbonyl (C=O) groups is 1. The Kier molecular flexibility index (Phi) is 4.43. The molecule has 7 heteroatoms. The van der Waals surface area contributed by atoms with Gasteiger partial charge in [-0.1, -0.05) is 24.3 Å². The number of aromatic nitrogens is 2. The minimum absolute atomic E-state index is 0.265. The Morgan fingerprint density at radius 1 is 1.04 bits per heavy atom. The number of benzene rings is 2. The standard InChI is InChI=1S/C20H15N3O3S/c24-18(21-12-15-7-4-10-27-15)13-8-9-16-17(11-13)22-20(26)23(19(16)25)14-5-2-1-3-6-14/h1-11H,12H2,(H,21,24)(H,22,26). The molecule has 0 aliphatic heterocycles. The summed E-state index contributed by atoms with van der Waals surface area (Å²) in [4.78, 5) is 41.3. The van der Waals surface area contributed by atoms with Crippen molar-refractivity contribution in [3.05, 3.63) is 97.3 Å². The van der Waals surface area contributed by atoms with Crippen LogP contribution >= 0.6 is 11.3 Å². The van der Waals surface area contributed by atoms with Crippen LogP contribution in [0.25, 0.3) is 16.6 Å². The number of H-pyrrole nitrogens is 1. The highest BCUT2D eigenvalue weighted by Crippen LogP contribution is 2.12. The molecule has 0 fully saturated rings. The van der Waals surface area contributed by atoms with Crippen LogP contribution in [0.3, 0.4) is 0 Å². The number of nitrogens with one attached hydrogen (secondary N) is 2. The zero-order chi connectivity index (χ0) is 18.8. The van der Waals surface area contributed by atoms with Crippen LogP contribution < -0.4 is 16.6 Å². The Morgan fingerprint density at radius 3 is 2.59 bits per heavy atom. The van der Waals surface area contributed by atoms with Crippen LogP contribution in [0.2, 0.25) is 0 Å². The molecular weight excluding hydrogens is 362 g/mol. The SMILES string of the molecule is O=C(NCc1cccs1)c1ccc2c(=O)n(-c3ccccc3)c(=O)[nH]c2c1. The molecular formula is C20H15N3O3S. The van der Waals surface area contributed by atoms with Crippen LogP contribution in [0.5, 0.6) is 0 Å². The number of hydrogen-bond acceptors (Lipinski definition) is 4. The van der Waals surface area contributed by atoms with Gasteiger partial charge in [0.25, 0.3) is 11.5 Å². The van der Waals surface area contributed by atoms with Gasteiger partial charge in [-0.05, 0) is 41.8 Å². The molecule has 0 aliphatic carbocycles. The topological polar surface area (TPSA) is 84.0 Å². The van der Waals surface area contributed by atoms with E-state index in [0.29, 0.717) is 28.7 Å². The van der Waals surface area contributed by atoms with Crippen molar-refractivity contribution >= 4 is 28.1 Å². The lowest BCUT2D eigenvalue weighted by atomic mass is 10.1. The average molecular weight is 377 g/mol. The van der Waals surface area contributed by atoms with E-state index in [-0.39, 0.29) is 5.91 Å². The molecule has 134 valence electrons. The number of carbonyl (C=O) groups excluding carboxylic acids is 1. The fourth-order valence-electron chi connectivity index (χ4n) is 2.85. The highest BCUT2D eigenvalue weighted by Gasteiger charge is 2.12. The van der Waals surface area contributed by atoms with Crippen molar-refractivity contribution in [2.24, 2.45) is 0 Å². The third-order valence-corrected chi connectivity index (χ3v) is 5.05. The van der Waals surface area contributed by atoms with Gasteiger partial charge in [-0.15, -0.1) is 11.3 Å². The maximum absolute atomic E-state index is 12.8. The summed E-state index contributed by atoms with van der Waals surface area (Å²) in [5, 5.41) is 5.11. The lowest BCUT2D eigenvalue weighted by Gasteiger charge is -2.08. The fraction of sp³-hybridized carbons (Fsp3) is 0.0500. The predicted molar refractivity (Wildman–Crippen MR) is 106 cm³/mol. The van der Waals surface area contributed by atoms with Gasteiger partial charge in [0.1, 0.15) is 0 Å². The van der Waals surface area contributed by atoms with Crippen LogP contribution in [0.4, 0.5) is 0 Å². The first-order valence-electron chi connectivity index (χ1n) is 8.28. The summed E-state index contributed by atoms with van der Waals surface area (Å²) >= 11 is 1.56. The van der Waals surface area contributed by atoms with Gasteiger partial charge in [0, 0.05) is 10.4 Å². The Labute approximate surface area is 157 Å². The van der Waals surface area contributed by atoms with E-state index < -0.39 is 11.2 Å². The van der Waals surface area contributed by atoms with E-state index in [1.165, 1.54) is 6.07 Å². The maximum atomic E-state index is 12.8. The summed E-state index contributed by atoms with van der Waals surface area (Å²) in [6.07, 6.45) is 0. The minimum Gasteiger partial charge on any atom is -0.347 e. The Balaban J connectivity index is 1.70. The number of thiophene rings is 1. The predicted octanol–water partition coefficient (Wildman–Crippen LogP) is 2.67. The molecule has 0 spiro atoms. The van der Waals surface area contributed by atoms with Gasteiger partial charge in [0.2, 0.25) is 0 Å². The van der Waals surface area contributed by atoms with Gasteiger partial charge in [-0.2, -0.15) is 0 Å². The molecule has 0 bridgehead atoms. The van der Waals surface area contributed by atoms with E-state index in [1.54, 1.807) is 47.7 Å². The van der Waals surface area contributed by atoms with E-state index in [1.807, 2.05) is 23.6 Å². The van der Waals surface area contributed by atoms with Crippen molar-refractivity contribution in [2.75, 3.05) is 0 Å². The Hall–Kier alpha value is -3.45. The van der Waals surface area contributed by atoms with Gasteiger partial charge in [0.15, 0.2) is 0 Å². The molecule has 0 aliphatic rings. The van der Waals surface area contributed by atoms with Crippen LogP contribution in [0.15, 0.2) is 75.6 Å². The lowest BCUT2D eigenvalue weighted by molar-refractivity contribution is 0.0951. The molecule has 0 unspecified atom stereocenters. The van der Waals surface area contributed by atoms with Crippen molar-refractivity contribution < 1.29 is 4.79 Å². The molecule has 2 heterocycles. The van der Waals surface area contributed by atoms with Crippen molar-refractivity contribution in [3.63, 3.8) is 0 Å². The number of rotatable bonds is 4. The minimum atomic E-state index is -0.546. The summed E-state index contributed by atoms with van der Waals surface area (Å²) in [6.45, 7) is 0.431. The number of nitrogens with zero attached hydrogens (tertiary/aromatic N) is 1. The normalized spacial score (nSPS) is 10.8. The van der Waals surface area contributed by atoms with Crippen molar-refractivity contribution in [3.8, 4) is 5.69 Å². The van der Waals surface area contributed by atoms with E-state index in [0.717, 1.165) is 9.44 Å². The fourth-order valence-corrected chi connectivity index (χ4v) is 3.50. The van der Waals surface area contributed by atoms with Crippen molar-refractivity contribution in [1.29, 1.82) is 0 Å². The number of aromatic amines is 1. The average Bonchev–Trinajstić information content (AvgIpc) is 3.20. The second-order valence-electron chi connectivity index (χ2n) is 5.93. The first-order chi connectivity index (χ1) is 13.1. The van der Waals surface area contributed by atoms with Gasteiger partial charge in [-0.25, -0.2) is 9.36 Å². The van der Waals surface area contributed by atoms with E-state index >= 15 is 0 Å². The summed E-state index contributed by atoms with van der Waals surface area (Å²) in [7, 11) is 0. The third-order valence-electron chi connectivity index (χ3n) is 4.18. The summed E-state index contributed by atoms with van der Waals surface area (Å²) in [5.74, 6) is -0.265. The highest BCUT2D eigenvalue weighted by atomic mass is 32.1. The summed E-state index contributed by atoms with van der Waals surface area (Å²) in [5.41, 5.74) is 0.233. The first kappa shape index (κ1) is 17.0. The zero-order valence-corrected chi connectivity index (χ0v) is 15.0. The molecule has 27 heavy (non-hydrogen) atoms. The van der Waals surface area contributed by atoms with Gasteiger partial charge < -0.3 is 10.3 Å². The summed E-state index contributed by atoms with van der Waals surface area (Å²) < 4.78 is 1.08. The number of fused-ring (bicyclic) bond motifs is 1. The van der Waals surface area contributed by atoms with Crippen LogP contribution in [-0.2, 0) is 6.54 Å². The lowest BCUT2D eigenvalue weighted by Crippen LogP contribution is -2.33. The number of para-hydroxylation sites is 1. The van der Waals surface area contributed by atoms with E-state index in [2.05, 4.69) is 10.3 Å². The summed E-state index contributed by atoms with van der Waals surface area (Å²) in [6, 6.07) is 17.2. The molecule has 4 rings (SSSR count). The van der Waals surface area contributed by atoms with E-state index in [9.17, 15) is 14.4 Å². The molecule has 4 aromatic rings. The largest absolute Gasteiger partial charge is 0.347 e. The van der Waals surface area contributed by atoms with Crippen molar-refractivity contribution in [2.45, 2.75) is 6.54 Å². The zero-order valence-electron chi connectivity index (χ0n) is 14.1. The van der Waals surface area contributed by atoms with Crippen LogP contribution in [0, 0.1) is 0 Å². The second-order valence-corrected chi connectivity index (χ2v) is 6.96.